The summed E-state index contributed by atoms with van der Waals surface area (Å²) >= 11 is 0. The molecule has 0 unspecified atom stereocenters. The van der Waals surface area contributed by atoms with Crippen LogP contribution in [0.5, 0.6) is 5.75 Å². The van der Waals surface area contributed by atoms with E-state index in [9.17, 15) is 14.9 Å². The molecule has 0 spiro atoms. The Hall–Kier alpha value is -3.21. The number of nitrogens with zero attached hydrogens (tertiary/aromatic N) is 5. The number of likely N-dealkylation sites (tertiary alicyclic amines) is 1. The van der Waals surface area contributed by atoms with Gasteiger partial charge in [0.2, 0.25) is 11.8 Å². The molecule has 0 aromatic heterocycles. The standard InChI is InChI=1S/C20H21N5O3/c1-24-19(26)16-15-5-3-4-10-25(15)18(17(16)20(24)27)14(11-21)23-22-12-6-8-13(28-2)9-7-12/h6-9,15-17H,3-5,10H2,1-2H3/b18-14-,23-22?/t15-,16+,17+/m1/s1. The van der Waals surface area contributed by atoms with Gasteiger partial charge in [0, 0.05) is 19.6 Å². The van der Waals surface area contributed by atoms with Gasteiger partial charge in [-0.3, -0.25) is 14.5 Å². The molecule has 4 rings (SSSR count). The minimum Gasteiger partial charge on any atom is -0.497 e. The molecule has 8 nitrogen and oxygen atoms in total. The number of rotatable bonds is 3. The molecule has 144 valence electrons. The van der Waals surface area contributed by atoms with Crippen LogP contribution in [-0.4, -0.2) is 48.4 Å². The zero-order chi connectivity index (χ0) is 19.8. The van der Waals surface area contributed by atoms with E-state index in [1.165, 1.54) is 11.9 Å². The lowest BCUT2D eigenvalue weighted by molar-refractivity contribution is -0.139. The van der Waals surface area contributed by atoms with Crippen LogP contribution in [0.4, 0.5) is 5.69 Å². The van der Waals surface area contributed by atoms with Crippen LogP contribution in [0.3, 0.4) is 0 Å². The highest BCUT2D eigenvalue weighted by molar-refractivity contribution is 6.07. The molecule has 8 heteroatoms. The molecule has 3 heterocycles. The number of amides is 2. The van der Waals surface area contributed by atoms with Gasteiger partial charge in [-0.15, -0.1) is 10.2 Å². The van der Waals surface area contributed by atoms with Gasteiger partial charge in [0.25, 0.3) is 0 Å². The third-order valence-corrected chi connectivity index (χ3v) is 5.83. The van der Waals surface area contributed by atoms with Crippen molar-refractivity contribution in [3.05, 3.63) is 35.7 Å². The number of allylic oxidation sites excluding steroid dienone is 1. The van der Waals surface area contributed by atoms with Crippen LogP contribution in [0.25, 0.3) is 0 Å². The average molecular weight is 379 g/mol. The Bertz CT molecular complexity index is 915. The van der Waals surface area contributed by atoms with Crippen molar-refractivity contribution in [3.8, 4) is 11.8 Å². The van der Waals surface area contributed by atoms with Gasteiger partial charge in [0.1, 0.15) is 11.8 Å². The second kappa shape index (κ2) is 7.08. The van der Waals surface area contributed by atoms with E-state index in [0.717, 1.165) is 25.8 Å². The van der Waals surface area contributed by atoms with E-state index in [-0.39, 0.29) is 23.6 Å². The Morgan fingerprint density at radius 3 is 2.64 bits per heavy atom. The molecule has 3 aliphatic heterocycles. The molecule has 0 aliphatic carbocycles. The van der Waals surface area contributed by atoms with Crippen molar-refractivity contribution >= 4 is 17.5 Å². The predicted octanol–water partition coefficient (Wildman–Crippen LogP) is 2.61. The minimum atomic E-state index is -0.634. The van der Waals surface area contributed by atoms with Crippen LogP contribution in [0.2, 0.25) is 0 Å². The highest BCUT2D eigenvalue weighted by atomic mass is 16.5. The first-order valence-electron chi connectivity index (χ1n) is 9.35. The number of benzene rings is 1. The number of hydrogen-bond acceptors (Lipinski definition) is 7. The molecule has 1 aromatic carbocycles. The SMILES string of the molecule is COc1ccc(N=N/C(C#N)=C2/[C@H]3C(=O)N(C)C(=O)[C@H]3[C@H]3CCCCN23)cc1. The van der Waals surface area contributed by atoms with Gasteiger partial charge in [-0.1, -0.05) is 0 Å². The molecule has 0 N–H and O–H groups in total. The summed E-state index contributed by atoms with van der Waals surface area (Å²) in [6, 6.07) is 9.05. The second-order valence-corrected chi connectivity index (χ2v) is 7.24. The molecule has 3 saturated heterocycles. The first kappa shape index (κ1) is 18.2. The van der Waals surface area contributed by atoms with Gasteiger partial charge < -0.3 is 9.64 Å². The molecule has 2 amide bonds. The van der Waals surface area contributed by atoms with Crippen molar-refractivity contribution in [2.24, 2.45) is 22.1 Å². The van der Waals surface area contributed by atoms with E-state index in [0.29, 0.717) is 17.1 Å². The first-order valence-corrected chi connectivity index (χ1v) is 9.35. The van der Waals surface area contributed by atoms with E-state index in [2.05, 4.69) is 16.3 Å². The van der Waals surface area contributed by atoms with E-state index in [4.69, 9.17) is 4.74 Å². The fourth-order valence-corrected chi connectivity index (χ4v) is 4.49. The summed E-state index contributed by atoms with van der Waals surface area (Å²) in [6.07, 6.45) is 2.82. The maximum atomic E-state index is 12.8. The van der Waals surface area contributed by atoms with Crippen molar-refractivity contribution in [1.29, 1.82) is 5.26 Å². The van der Waals surface area contributed by atoms with Crippen LogP contribution >= 0.6 is 0 Å². The number of imide groups is 1. The summed E-state index contributed by atoms with van der Waals surface area (Å²) in [5, 5.41) is 18.1. The van der Waals surface area contributed by atoms with Crippen LogP contribution in [0, 0.1) is 23.2 Å². The lowest BCUT2D eigenvalue weighted by Crippen LogP contribution is -2.41. The number of carbonyl (C=O) groups is 2. The molecular weight excluding hydrogens is 358 g/mol. The van der Waals surface area contributed by atoms with E-state index < -0.39 is 11.8 Å². The maximum absolute atomic E-state index is 12.8. The summed E-state index contributed by atoms with van der Waals surface area (Å²) in [5.74, 6) is -0.777. The Balaban J connectivity index is 1.74. The third kappa shape index (κ3) is 2.74. The normalized spacial score (nSPS) is 28.4. The molecule has 1 aromatic rings. The maximum Gasteiger partial charge on any atom is 0.238 e. The predicted molar refractivity (Wildman–Crippen MR) is 99.3 cm³/mol. The van der Waals surface area contributed by atoms with Crippen molar-refractivity contribution in [1.82, 2.24) is 9.80 Å². The molecule has 3 fully saturated rings. The van der Waals surface area contributed by atoms with Crippen molar-refractivity contribution in [3.63, 3.8) is 0 Å². The lowest BCUT2D eigenvalue weighted by atomic mass is 9.88. The molecule has 0 radical (unpaired) electrons. The van der Waals surface area contributed by atoms with Crippen LogP contribution in [0.15, 0.2) is 45.9 Å². The number of carbonyl (C=O) groups excluding carboxylic acids is 2. The molecule has 28 heavy (non-hydrogen) atoms. The summed E-state index contributed by atoms with van der Waals surface area (Å²) < 4.78 is 5.12. The molecule has 0 saturated carbocycles. The lowest BCUT2D eigenvalue weighted by Gasteiger charge is -2.34. The summed E-state index contributed by atoms with van der Waals surface area (Å²) in [5.41, 5.74) is 1.23. The number of nitriles is 1. The number of azo groups is 1. The van der Waals surface area contributed by atoms with Gasteiger partial charge in [-0.2, -0.15) is 5.26 Å². The Morgan fingerprint density at radius 1 is 1.21 bits per heavy atom. The Kier molecular flexibility index (Phi) is 4.59. The highest BCUT2D eigenvalue weighted by Gasteiger charge is 2.60. The zero-order valence-electron chi connectivity index (χ0n) is 15.8. The molecule has 0 bridgehead atoms. The van der Waals surface area contributed by atoms with E-state index in [1.807, 2.05) is 4.90 Å². The van der Waals surface area contributed by atoms with Crippen molar-refractivity contribution < 1.29 is 14.3 Å². The second-order valence-electron chi connectivity index (χ2n) is 7.24. The Morgan fingerprint density at radius 2 is 1.96 bits per heavy atom. The fourth-order valence-electron chi connectivity index (χ4n) is 4.49. The molecule has 3 atom stereocenters. The van der Waals surface area contributed by atoms with Crippen LogP contribution in [-0.2, 0) is 9.59 Å². The number of methoxy groups -OCH3 is 1. The van der Waals surface area contributed by atoms with E-state index in [1.54, 1.807) is 31.4 Å². The topological polar surface area (TPSA) is 98.4 Å². The van der Waals surface area contributed by atoms with Gasteiger partial charge in [0.15, 0.2) is 5.70 Å². The molecule has 3 aliphatic rings. The van der Waals surface area contributed by atoms with Gasteiger partial charge in [-0.05, 0) is 43.5 Å². The Labute approximate surface area is 163 Å². The summed E-state index contributed by atoms with van der Waals surface area (Å²) in [6.45, 7) is 0.723. The first-order chi connectivity index (χ1) is 13.6. The minimum absolute atomic E-state index is 0.0466. The average Bonchev–Trinajstić information content (AvgIpc) is 3.18. The fraction of sp³-hybridized carbons (Fsp3) is 0.450. The smallest absolute Gasteiger partial charge is 0.238 e. The third-order valence-electron chi connectivity index (χ3n) is 5.83. The van der Waals surface area contributed by atoms with Gasteiger partial charge in [-0.25, -0.2) is 0 Å². The highest BCUT2D eigenvalue weighted by Crippen LogP contribution is 2.48. The number of ether oxygens (including phenoxy) is 1. The zero-order valence-corrected chi connectivity index (χ0v) is 15.8. The number of hydrogen-bond donors (Lipinski definition) is 0. The largest absolute Gasteiger partial charge is 0.497 e. The number of piperidine rings is 1. The molecular formula is C20H21N5O3. The van der Waals surface area contributed by atoms with Crippen LogP contribution in [0.1, 0.15) is 19.3 Å². The van der Waals surface area contributed by atoms with Gasteiger partial charge in [0.05, 0.1) is 30.3 Å². The quantitative estimate of drug-likeness (QED) is 0.457. The van der Waals surface area contributed by atoms with Crippen molar-refractivity contribution in [2.45, 2.75) is 25.3 Å². The van der Waals surface area contributed by atoms with Crippen molar-refractivity contribution in [2.75, 3.05) is 20.7 Å². The van der Waals surface area contributed by atoms with Crippen LogP contribution < -0.4 is 4.74 Å². The van der Waals surface area contributed by atoms with E-state index >= 15 is 0 Å². The monoisotopic (exact) mass is 379 g/mol. The van der Waals surface area contributed by atoms with Gasteiger partial charge >= 0.3 is 0 Å². The summed E-state index contributed by atoms with van der Waals surface area (Å²) in [4.78, 5) is 28.7. The summed E-state index contributed by atoms with van der Waals surface area (Å²) in [7, 11) is 3.09. The number of fused-ring (bicyclic) bond motifs is 3.